The average molecular weight is 261 g/mol. The zero-order valence-electron chi connectivity index (χ0n) is 10.7. The molecule has 0 fully saturated rings. The van der Waals surface area contributed by atoms with Gasteiger partial charge in [-0.3, -0.25) is 0 Å². The zero-order chi connectivity index (χ0) is 12.6. The van der Waals surface area contributed by atoms with Gasteiger partial charge >= 0.3 is 0 Å². The highest BCUT2D eigenvalue weighted by atomic mass is 32.1. The van der Waals surface area contributed by atoms with Gasteiger partial charge in [-0.1, -0.05) is 12.1 Å². The first kappa shape index (κ1) is 13.1. The van der Waals surface area contributed by atoms with Crippen LogP contribution in [0, 0.1) is 0 Å². The summed E-state index contributed by atoms with van der Waals surface area (Å²) in [5, 5.41) is 7.82. The minimum Gasteiger partial charge on any atom is -0.497 e. The maximum atomic E-state index is 5.14. The van der Waals surface area contributed by atoms with Crippen LogP contribution in [0.25, 0.3) is 0 Å². The van der Waals surface area contributed by atoms with Gasteiger partial charge in [-0.15, -0.1) is 0 Å². The van der Waals surface area contributed by atoms with Gasteiger partial charge in [0.15, 0.2) is 0 Å². The second-order valence-electron chi connectivity index (χ2n) is 4.23. The van der Waals surface area contributed by atoms with Crippen LogP contribution in [0.2, 0.25) is 0 Å². The molecule has 0 aliphatic rings. The summed E-state index contributed by atoms with van der Waals surface area (Å²) < 4.78 is 5.14. The van der Waals surface area contributed by atoms with Crippen molar-refractivity contribution in [3.63, 3.8) is 0 Å². The molecule has 3 heteroatoms. The van der Waals surface area contributed by atoms with Crippen molar-refractivity contribution in [3.05, 3.63) is 52.2 Å². The van der Waals surface area contributed by atoms with Crippen LogP contribution in [-0.2, 0) is 12.8 Å². The van der Waals surface area contributed by atoms with Crippen molar-refractivity contribution in [3.8, 4) is 5.75 Å². The van der Waals surface area contributed by atoms with Crippen LogP contribution >= 0.6 is 11.3 Å². The van der Waals surface area contributed by atoms with Crippen LogP contribution in [0.5, 0.6) is 5.75 Å². The molecule has 2 rings (SSSR count). The number of ether oxygens (including phenoxy) is 1. The highest BCUT2D eigenvalue weighted by Crippen LogP contribution is 2.11. The number of nitrogens with one attached hydrogen (secondary N) is 1. The SMILES string of the molecule is COc1ccc(CCNCCc2ccsc2)cc1. The Hall–Kier alpha value is -1.32. The molecule has 2 nitrogen and oxygen atoms in total. The van der Waals surface area contributed by atoms with Crippen LogP contribution in [0.1, 0.15) is 11.1 Å². The van der Waals surface area contributed by atoms with Crippen LogP contribution in [-0.4, -0.2) is 20.2 Å². The standard InChI is InChI=1S/C15H19NOS/c1-17-15-4-2-13(3-5-15)6-9-16-10-7-14-8-11-18-12-14/h2-5,8,11-12,16H,6-7,9-10H2,1H3. The van der Waals surface area contributed by atoms with Crippen molar-refractivity contribution >= 4 is 11.3 Å². The van der Waals surface area contributed by atoms with Gasteiger partial charge in [-0.25, -0.2) is 0 Å². The first-order valence-electron chi connectivity index (χ1n) is 6.23. The van der Waals surface area contributed by atoms with E-state index in [2.05, 4.69) is 34.3 Å². The smallest absolute Gasteiger partial charge is 0.118 e. The van der Waals surface area contributed by atoms with Gasteiger partial charge in [0.25, 0.3) is 0 Å². The molecule has 0 aliphatic heterocycles. The highest BCUT2D eigenvalue weighted by molar-refractivity contribution is 7.07. The third kappa shape index (κ3) is 4.17. The van der Waals surface area contributed by atoms with Crippen LogP contribution < -0.4 is 10.1 Å². The monoisotopic (exact) mass is 261 g/mol. The van der Waals surface area contributed by atoms with Gasteiger partial charge in [0.1, 0.15) is 5.75 Å². The van der Waals surface area contributed by atoms with Crippen molar-refractivity contribution in [2.45, 2.75) is 12.8 Å². The first-order valence-corrected chi connectivity index (χ1v) is 7.17. The van der Waals surface area contributed by atoms with E-state index in [1.807, 2.05) is 12.1 Å². The maximum absolute atomic E-state index is 5.14. The Morgan fingerprint density at radius 2 is 1.72 bits per heavy atom. The maximum Gasteiger partial charge on any atom is 0.118 e. The molecule has 0 atom stereocenters. The summed E-state index contributed by atoms with van der Waals surface area (Å²) in [6.07, 6.45) is 2.18. The molecule has 0 amide bonds. The number of benzene rings is 1. The van der Waals surface area contributed by atoms with E-state index in [0.29, 0.717) is 0 Å². The molecular weight excluding hydrogens is 242 g/mol. The van der Waals surface area contributed by atoms with Crippen LogP contribution in [0.3, 0.4) is 0 Å². The average Bonchev–Trinajstić information content (AvgIpc) is 2.92. The number of thiophene rings is 1. The molecule has 1 aromatic heterocycles. The summed E-state index contributed by atoms with van der Waals surface area (Å²) in [5.74, 6) is 0.921. The molecule has 0 aliphatic carbocycles. The van der Waals surface area contributed by atoms with Gasteiger partial charge in [0.05, 0.1) is 7.11 Å². The molecule has 0 radical (unpaired) electrons. The summed E-state index contributed by atoms with van der Waals surface area (Å²) in [4.78, 5) is 0. The Balaban J connectivity index is 1.62. The van der Waals surface area contributed by atoms with E-state index in [4.69, 9.17) is 4.74 Å². The molecule has 0 saturated heterocycles. The summed E-state index contributed by atoms with van der Waals surface area (Å²) in [6, 6.07) is 10.5. The quantitative estimate of drug-likeness (QED) is 0.773. The lowest BCUT2D eigenvalue weighted by Gasteiger charge is -2.05. The minimum absolute atomic E-state index is 0.921. The fourth-order valence-electron chi connectivity index (χ4n) is 1.82. The Labute approximate surface area is 113 Å². The number of methoxy groups -OCH3 is 1. The van der Waals surface area contributed by atoms with Crippen LogP contribution in [0.4, 0.5) is 0 Å². The third-order valence-corrected chi connectivity index (χ3v) is 3.65. The lowest BCUT2D eigenvalue weighted by molar-refractivity contribution is 0.414. The fourth-order valence-corrected chi connectivity index (χ4v) is 2.52. The van der Waals surface area contributed by atoms with Gasteiger partial charge in [0.2, 0.25) is 0 Å². The summed E-state index contributed by atoms with van der Waals surface area (Å²) in [7, 11) is 1.70. The number of rotatable bonds is 7. The molecule has 0 unspecified atom stereocenters. The highest BCUT2D eigenvalue weighted by Gasteiger charge is 1.96. The second kappa shape index (κ2) is 7.19. The predicted octanol–water partition coefficient (Wildman–Crippen LogP) is 3.13. The van der Waals surface area contributed by atoms with E-state index < -0.39 is 0 Å². The van der Waals surface area contributed by atoms with E-state index >= 15 is 0 Å². The Morgan fingerprint density at radius 1 is 1.00 bits per heavy atom. The summed E-state index contributed by atoms with van der Waals surface area (Å²) in [6.45, 7) is 2.07. The van der Waals surface area contributed by atoms with E-state index in [1.165, 1.54) is 11.1 Å². The first-order chi connectivity index (χ1) is 8.88. The molecule has 0 saturated carbocycles. The lowest BCUT2D eigenvalue weighted by Crippen LogP contribution is -2.19. The summed E-state index contributed by atoms with van der Waals surface area (Å²) >= 11 is 1.76. The van der Waals surface area contributed by atoms with Gasteiger partial charge in [-0.2, -0.15) is 11.3 Å². The Morgan fingerprint density at radius 3 is 2.33 bits per heavy atom. The number of hydrogen-bond acceptors (Lipinski definition) is 3. The van der Waals surface area contributed by atoms with Gasteiger partial charge in [0, 0.05) is 0 Å². The largest absolute Gasteiger partial charge is 0.497 e. The topological polar surface area (TPSA) is 21.3 Å². The molecule has 1 aromatic carbocycles. The van der Waals surface area contributed by atoms with Crippen molar-refractivity contribution in [2.75, 3.05) is 20.2 Å². The van der Waals surface area contributed by atoms with E-state index in [9.17, 15) is 0 Å². The number of hydrogen-bond donors (Lipinski definition) is 1. The van der Waals surface area contributed by atoms with Gasteiger partial charge < -0.3 is 10.1 Å². The molecule has 1 N–H and O–H groups in total. The van der Waals surface area contributed by atoms with Gasteiger partial charge in [-0.05, 0) is 66.0 Å². The van der Waals surface area contributed by atoms with E-state index in [1.54, 1.807) is 18.4 Å². The Bertz CT molecular complexity index is 436. The lowest BCUT2D eigenvalue weighted by atomic mass is 10.1. The van der Waals surface area contributed by atoms with Crippen molar-refractivity contribution < 1.29 is 4.74 Å². The molecular formula is C15H19NOS. The zero-order valence-corrected chi connectivity index (χ0v) is 11.5. The fraction of sp³-hybridized carbons (Fsp3) is 0.333. The summed E-state index contributed by atoms with van der Waals surface area (Å²) in [5.41, 5.74) is 2.77. The Kier molecular flexibility index (Phi) is 5.24. The van der Waals surface area contributed by atoms with E-state index in [-0.39, 0.29) is 0 Å². The van der Waals surface area contributed by atoms with E-state index in [0.717, 1.165) is 31.7 Å². The van der Waals surface area contributed by atoms with Crippen molar-refractivity contribution in [2.24, 2.45) is 0 Å². The van der Waals surface area contributed by atoms with Crippen LogP contribution in [0.15, 0.2) is 41.1 Å². The second-order valence-corrected chi connectivity index (χ2v) is 5.01. The normalized spacial score (nSPS) is 10.5. The molecule has 2 aromatic rings. The molecule has 18 heavy (non-hydrogen) atoms. The predicted molar refractivity (Wildman–Crippen MR) is 77.6 cm³/mol. The van der Waals surface area contributed by atoms with Crippen molar-refractivity contribution in [1.82, 2.24) is 5.32 Å². The molecule has 0 spiro atoms. The third-order valence-electron chi connectivity index (χ3n) is 2.92. The molecule has 0 bridgehead atoms. The molecule has 1 heterocycles. The minimum atomic E-state index is 0.921. The van der Waals surface area contributed by atoms with Crippen molar-refractivity contribution in [1.29, 1.82) is 0 Å². The molecule has 96 valence electrons.